The number of nitrogens with two attached hydrogens (primary N) is 1. The van der Waals surface area contributed by atoms with Gasteiger partial charge in [-0.3, -0.25) is 4.79 Å². The van der Waals surface area contributed by atoms with Gasteiger partial charge in [-0.15, -0.1) is 0 Å². The minimum atomic E-state index is -3.81. The quantitative estimate of drug-likeness (QED) is 0.376. The fourth-order valence-corrected chi connectivity index (χ4v) is 5.70. The molecule has 0 aliphatic carbocycles. The Morgan fingerprint density at radius 3 is 2.64 bits per heavy atom. The Kier molecular flexibility index (Phi) is 6.19. The summed E-state index contributed by atoms with van der Waals surface area (Å²) in [5.74, 6) is -0.611. The zero-order valence-electron chi connectivity index (χ0n) is 20.7. The highest BCUT2D eigenvalue weighted by atomic mass is 32.2. The van der Waals surface area contributed by atoms with E-state index in [1.807, 2.05) is 21.9 Å². The number of amides is 1. The number of pyridine rings is 2. The topological polar surface area (TPSA) is 126 Å². The number of rotatable bonds is 6. The van der Waals surface area contributed by atoms with Crippen molar-refractivity contribution in [3.63, 3.8) is 0 Å². The molecule has 4 aromatic rings. The number of hydrogen-bond acceptors (Lipinski definition) is 7. The maximum absolute atomic E-state index is 14.5. The van der Waals surface area contributed by atoms with Crippen molar-refractivity contribution in [2.45, 2.75) is 29.8 Å². The standard InChI is InChI=1S/C26H25F2N7O3S/c27-16-3-5-22(28)20(10-16)23-2-1-8-34(23)18-7-9-35-24(11-18)21(13-31-35)26(36)32-17-14-33(15-17)25-6-4-19(12-30-25)39(29,37)38/h3-7,9-13,17,23H,1-2,8,14-15H2,(H,32,36)(H2,29,37,38)/t23-/m1/s1. The van der Waals surface area contributed by atoms with Crippen LogP contribution < -0.4 is 20.3 Å². The fraction of sp³-hybridized carbons (Fsp3) is 0.269. The third kappa shape index (κ3) is 4.79. The first kappa shape index (κ1) is 25.2. The van der Waals surface area contributed by atoms with Crippen molar-refractivity contribution in [3.8, 4) is 0 Å². The monoisotopic (exact) mass is 553 g/mol. The first-order chi connectivity index (χ1) is 18.7. The van der Waals surface area contributed by atoms with E-state index in [9.17, 15) is 22.0 Å². The van der Waals surface area contributed by atoms with Gasteiger partial charge in [0, 0.05) is 43.3 Å². The van der Waals surface area contributed by atoms with Crippen molar-refractivity contribution < 1.29 is 22.0 Å². The fourth-order valence-electron chi connectivity index (χ4n) is 5.24. The molecule has 0 bridgehead atoms. The molecule has 0 unspecified atom stereocenters. The molecule has 0 radical (unpaired) electrons. The molecule has 1 amide bonds. The number of benzene rings is 1. The van der Waals surface area contributed by atoms with Crippen LogP contribution in [0.1, 0.15) is 34.8 Å². The summed E-state index contributed by atoms with van der Waals surface area (Å²) >= 11 is 0. The third-order valence-electron chi connectivity index (χ3n) is 7.24. The van der Waals surface area contributed by atoms with Gasteiger partial charge in [0.1, 0.15) is 22.3 Å². The zero-order valence-corrected chi connectivity index (χ0v) is 21.5. The van der Waals surface area contributed by atoms with Crippen molar-refractivity contribution >= 4 is 33.0 Å². The number of anilines is 2. The highest BCUT2D eigenvalue weighted by Crippen LogP contribution is 2.38. The number of primary sulfonamides is 1. The van der Waals surface area contributed by atoms with Gasteiger partial charge >= 0.3 is 0 Å². The molecule has 0 saturated carbocycles. The van der Waals surface area contributed by atoms with E-state index in [4.69, 9.17) is 5.14 Å². The molecule has 2 aliphatic heterocycles. The molecule has 3 N–H and O–H groups in total. The molecule has 10 nitrogen and oxygen atoms in total. The minimum absolute atomic E-state index is 0.0644. The molecule has 3 aromatic heterocycles. The van der Waals surface area contributed by atoms with E-state index in [1.54, 1.807) is 16.8 Å². The molecule has 0 spiro atoms. The lowest BCUT2D eigenvalue weighted by Gasteiger charge is -2.40. The van der Waals surface area contributed by atoms with Gasteiger partial charge in [0.05, 0.1) is 29.4 Å². The van der Waals surface area contributed by atoms with Crippen LogP contribution in [0, 0.1) is 11.6 Å². The molecule has 2 saturated heterocycles. The van der Waals surface area contributed by atoms with E-state index in [2.05, 4.69) is 15.4 Å². The number of halogens is 2. The van der Waals surface area contributed by atoms with Gasteiger partial charge < -0.3 is 15.1 Å². The number of hydrogen-bond donors (Lipinski definition) is 2. The van der Waals surface area contributed by atoms with Gasteiger partial charge in [-0.2, -0.15) is 5.10 Å². The van der Waals surface area contributed by atoms with Gasteiger partial charge in [-0.25, -0.2) is 31.8 Å². The Balaban J connectivity index is 1.16. The van der Waals surface area contributed by atoms with Crippen LogP contribution in [0.25, 0.3) is 5.52 Å². The second kappa shape index (κ2) is 9.58. The molecule has 2 aliphatic rings. The zero-order chi connectivity index (χ0) is 27.3. The van der Waals surface area contributed by atoms with Crippen LogP contribution in [-0.4, -0.2) is 54.6 Å². The summed E-state index contributed by atoms with van der Waals surface area (Å²) in [6.45, 7) is 1.69. The van der Waals surface area contributed by atoms with Crippen molar-refractivity contribution in [2.75, 3.05) is 29.4 Å². The Hall–Kier alpha value is -4.10. The van der Waals surface area contributed by atoms with Crippen molar-refractivity contribution in [2.24, 2.45) is 5.14 Å². The minimum Gasteiger partial charge on any atom is -0.364 e. The van der Waals surface area contributed by atoms with Crippen molar-refractivity contribution in [1.82, 2.24) is 19.9 Å². The highest BCUT2D eigenvalue weighted by Gasteiger charge is 2.31. The van der Waals surface area contributed by atoms with Crippen LogP contribution in [0.5, 0.6) is 0 Å². The lowest BCUT2D eigenvalue weighted by atomic mass is 10.0. The average molecular weight is 554 g/mol. The number of carbonyl (C=O) groups excluding carboxylic acids is 1. The van der Waals surface area contributed by atoms with Crippen LogP contribution in [-0.2, 0) is 10.0 Å². The molecule has 13 heteroatoms. The predicted molar refractivity (Wildman–Crippen MR) is 140 cm³/mol. The van der Waals surface area contributed by atoms with E-state index in [0.29, 0.717) is 48.5 Å². The number of aromatic nitrogens is 3. The van der Waals surface area contributed by atoms with Crippen LogP contribution >= 0.6 is 0 Å². The first-order valence-electron chi connectivity index (χ1n) is 12.4. The molecule has 1 atom stereocenters. The second-order valence-electron chi connectivity index (χ2n) is 9.76. The number of sulfonamides is 1. The molecule has 5 heterocycles. The van der Waals surface area contributed by atoms with E-state index >= 15 is 0 Å². The van der Waals surface area contributed by atoms with E-state index < -0.39 is 21.7 Å². The normalized spacial score (nSPS) is 18.0. The lowest BCUT2D eigenvalue weighted by Crippen LogP contribution is -2.59. The molecule has 1 aromatic carbocycles. The molecule has 2 fully saturated rings. The Morgan fingerprint density at radius 1 is 1.08 bits per heavy atom. The van der Waals surface area contributed by atoms with Gasteiger partial charge in [0.25, 0.3) is 5.91 Å². The first-order valence-corrected chi connectivity index (χ1v) is 14.0. The Bertz CT molecular complexity index is 1670. The maximum Gasteiger partial charge on any atom is 0.255 e. The molecular formula is C26H25F2N7O3S. The lowest BCUT2D eigenvalue weighted by molar-refractivity contribution is 0.0931. The number of carbonyl (C=O) groups is 1. The van der Waals surface area contributed by atoms with Gasteiger partial charge in [0.2, 0.25) is 10.0 Å². The van der Waals surface area contributed by atoms with Crippen LogP contribution in [0.15, 0.2) is 66.0 Å². The predicted octanol–water partition coefficient (Wildman–Crippen LogP) is 2.62. The summed E-state index contributed by atoms with van der Waals surface area (Å²) in [7, 11) is -3.81. The number of fused-ring (bicyclic) bond motifs is 1. The summed E-state index contributed by atoms with van der Waals surface area (Å²) in [4.78, 5) is 21.2. The van der Waals surface area contributed by atoms with E-state index in [0.717, 1.165) is 24.2 Å². The molecular weight excluding hydrogens is 528 g/mol. The van der Waals surface area contributed by atoms with Crippen molar-refractivity contribution in [3.05, 3.63) is 83.8 Å². The molecule has 202 valence electrons. The Labute approximate surface area is 223 Å². The smallest absolute Gasteiger partial charge is 0.255 e. The Morgan fingerprint density at radius 2 is 1.90 bits per heavy atom. The molecule has 39 heavy (non-hydrogen) atoms. The summed E-state index contributed by atoms with van der Waals surface area (Å²) < 4.78 is 52.9. The SMILES string of the molecule is NS(=O)(=O)c1ccc(N2CC(NC(=O)c3cnn4ccc(N5CCC[C@@H]5c5cc(F)ccc5F)cc34)C2)nc1. The van der Waals surface area contributed by atoms with Crippen LogP contribution in [0.4, 0.5) is 20.3 Å². The number of nitrogens with zero attached hydrogens (tertiary/aromatic N) is 5. The highest BCUT2D eigenvalue weighted by molar-refractivity contribution is 7.89. The summed E-state index contributed by atoms with van der Waals surface area (Å²) in [6.07, 6.45) is 5.99. The van der Waals surface area contributed by atoms with Gasteiger partial charge in [-0.1, -0.05) is 0 Å². The summed E-state index contributed by atoms with van der Waals surface area (Å²) in [6, 6.07) is 9.76. The maximum atomic E-state index is 14.5. The largest absolute Gasteiger partial charge is 0.364 e. The van der Waals surface area contributed by atoms with Gasteiger partial charge in [0.15, 0.2) is 0 Å². The number of nitrogens with one attached hydrogen (secondary N) is 1. The third-order valence-corrected chi connectivity index (χ3v) is 8.14. The molecule has 6 rings (SSSR count). The van der Waals surface area contributed by atoms with Gasteiger partial charge in [-0.05, 0) is 55.3 Å². The average Bonchev–Trinajstić information content (AvgIpc) is 3.54. The summed E-state index contributed by atoms with van der Waals surface area (Å²) in [5, 5.41) is 12.4. The second-order valence-corrected chi connectivity index (χ2v) is 11.3. The van der Waals surface area contributed by atoms with E-state index in [-0.39, 0.29) is 22.9 Å². The van der Waals surface area contributed by atoms with E-state index in [1.165, 1.54) is 24.5 Å². The van der Waals surface area contributed by atoms with Crippen LogP contribution in [0.3, 0.4) is 0 Å². The van der Waals surface area contributed by atoms with Crippen molar-refractivity contribution in [1.29, 1.82) is 0 Å². The van der Waals surface area contributed by atoms with Crippen LogP contribution in [0.2, 0.25) is 0 Å². The summed E-state index contributed by atoms with van der Waals surface area (Å²) in [5.41, 5.74) is 2.12.